The molecule has 1 saturated carbocycles. The summed E-state index contributed by atoms with van der Waals surface area (Å²) in [4.78, 5) is 10.3. The fourth-order valence-electron chi connectivity index (χ4n) is 1.92. The Morgan fingerprint density at radius 3 is 2.89 bits per heavy atom. The molecular formula is C12H13ClN4O. The largest absolute Gasteiger partial charge is 0.467 e. The fourth-order valence-corrected chi connectivity index (χ4v) is 2.11. The van der Waals surface area contributed by atoms with Crippen molar-refractivity contribution in [1.29, 1.82) is 0 Å². The second kappa shape index (κ2) is 4.49. The zero-order chi connectivity index (χ0) is 12.5. The molecule has 94 valence electrons. The molecule has 6 heteroatoms. The van der Waals surface area contributed by atoms with Crippen LogP contribution in [-0.2, 0) is 6.54 Å². The van der Waals surface area contributed by atoms with Gasteiger partial charge in [-0.3, -0.25) is 0 Å². The molecule has 5 nitrogen and oxygen atoms in total. The Labute approximate surface area is 110 Å². The van der Waals surface area contributed by atoms with Gasteiger partial charge in [0, 0.05) is 12.1 Å². The molecule has 1 aliphatic carbocycles. The maximum absolute atomic E-state index is 5.92. The number of rotatable bonds is 4. The molecule has 0 saturated heterocycles. The third kappa shape index (κ3) is 2.41. The summed E-state index contributed by atoms with van der Waals surface area (Å²) in [6, 6.07) is 6.04. The molecule has 1 aliphatic rings. The third-order valence-electron chi connectivity index (χ3n) is 2.89. The molecule has 3 rings (SSSR count). The van der Waals surface area contributed by atoms with Crippen molar-refractivity contribution in [2.24, 2.45) is 0 Å². The van der Waals surface area contributed by atoms with Crippen LogP contribution in [0.1, 0.15) is 18.6 Å². The lowest BCUT2D eigenvalue weighted by atomic mass is 10.3. The predicted molar refractivity (Wildman–Crippen MR) is 69.4 cm³/mol. The lowest BCUT2D eigenvalue weighted by molar-refractivity contribution is 0.500. The number of furan rings is 1. The molecule has 0 bridgehead atoms. The van der Waals surface area contributed by atoms with Crippen LogP contribution in [0, 0.1) is 0 Å². The Morgan fingerprint density at radius 2 is 2.28 bits per heavy atom. The van der Waals surface area contributed by atoms with Gasteiger partial charge in [0.05, 0.1) is 12.8 Å². The number of aromatic nitrogens is 2. The van der Waals surface area contributed by atoms with Crippen LogP contribution in [0.15, 0.2) is 28.9 Å². The molecular weight excluding hydrogens is 252 g/mol. The summed E-state index contributed by atoms with van der Waals surface area (Å²) in [6.07, 6.45) is 3.98. The van der Waals surface area contributed by atoms with E-state index < -0.39 is 0 Å². The van der Waals surface area contributed by atoms with Gasteiger partial charge in [0.15, 0.2) is 0 Å². The number of hydrogen-bond acceptors (Lipinski definition) is 5. The van der Waals surface area contributed by atoms with E-state index >= 15 is 0 Å². The van der Waals surface area contributed by atoms with Crippen molar-refractivity contribution < 1.29 is 4.42 Å². The van der Waals surface area contributed by atoms with Crippen LogP contribution in [0.3, 0.4) is 0 Å². The van der Waals surface area contributed by atoms with Crippen LogP contribution in [-0.4, -0.2) is 16.0 Å². The first-order valence-corrected chi connectivity index (χ1v) is 6.19. The molecule has 2 heterocycles. The summed E-state index contributed by atoms with van der Waals surface area (Å²) in [5, 5.41) is 0.364. The van der Waals surface area contributed by atoms with Crippen LogP contribution in [0.25, 0.3) is 0 Å². The lowest BCUT2D eigenvalue weighted by Gasteiger charge is -2.22. The average molecular weight is 265 g/mol. The maximum atomic E-state index is 5.92. The van der Waals surface area contributed by atoms with Crippen molar-refractivity contribution in [3.05, 3.63) is 35.4 Å². The minimum atomic E-state index is 0.197. The van der Waals surface area contributed by atoms with Gasteiger partial charge in [-0.25, -0.2) is 4.98 Å². The van der Waals surface area contributed by atoms with E-state index in [0.717, 1.165) is 24.4 Å². The number of nitrogen functional groups attached to an aromatic ring is 1. The highest BCUT2D eigenvalue weighted by Gasteiger charge is 2.31. The molecule has 0 amide bonds. The summed E-state index contributed by atoms with van der Waals surface area (Å²) >= 11 is 5.92. The Balaban J connectivity index is 1.89. The minimum Gasteiger partial charge on any atom is -0.467 e. The standard InChI is InChI=1S/C12H13ClN4O/c13-10-6-11(16-12(14)15-10)17(8-3-4-8)7-9-2-1-5-18-9/h1-2,5-6,8H,3-4,7H2,(H2,14,15,16). The molecule has 0 aromatic carbocycles. The van der Waals surface area contributed by atoms with Gasteiger partial charge in [0.1, 0.15) is 16.7 Å². The van der Waals surface area contributed by atoms with E-state index in [4.69, 9.17) is 21.8 Å². The van der Waals surface area contributed by atoms with Crippen LogP contribution in [0.5, 0.6) is 0 Å². The number of anilines is 2. The lowest BCUT2D eigenvalue weighted by Crippen LogP contribution is -2.26. The van der Waals surface area contributed by atoms with E-state index in [1.807, 2.05) is 12.1 Å². The average Bonchev–Trinajstić information content (AvgIpc) is 3.02. The Kier molecular flexibility index (Phi) is 2.83. The number of halogens is 1. The summed E-state index contributed by atoms with van der Waals surface area (Å²) in [7, 11) is 0. The summed E-state index contributed by atoms with van der Waals surface area (Å²) in [5.41, 5.74) is 5.63. The summed E-state index contributed by atoms with van der Waals surface area (Å²) in [5.74, 6) is 1.85. The topological polar surface area (TPSA) is 68.2 Å². The SMILES string of the molecule is Nc1nc(Cl)cc(N(Cc2ccco2)C2CC2)n1. The van der Waals surface area contributed by atoms with Gasteiger partial charge < -0.3 is 15.1 Å². The molecule has 0 aliphatic heterocycles. The van der Waals surface area contributed by atoms with Crippen molar-refractivity contribution in [2.45, 2.75) is 25.4 Å². The first-order valence-electron chi connectivity index (χ1n) is 5.81. The molecule has 0 atom stereocenters. The number of nitrogens with zero attached hydrogens (tertiary/aromatic N) is 3. The van der Waals surface area contributed by atoms with Crippen LogP contribution in [0.4, 0.5) is 11.8 Å². The van der Waals surface area contributed by atoms with Crippen molar-refractivity contribution >= 4 is 23.4 Å². The fraction of sp³-hybridized carbons (Fsp3) is 0.333. The van der Waals surface area contributed by atoms with Crippen molar-refractivity contribution in [3.8, 4) is 0 Å². The maximum Gasteiger partial charge on any atom is 0.223 e. The number of nitrogens with two attached hydrogens (primary N) is 1. The zero-order valence-corrected chi connectivity index (χ0v) is 10.5. The van der Waals surface area contributed by atoms with Crippen molar-refractivity contribution in [2.75, 3.05) is 10.6 Å². The molecule has 2 N–H and O–H groups in total. The molecule has 18 heavy (non-hydrogen) atoms. The van der Waals surface area contributed by atoms with E-state index in [2.05, 4.69) is 14.9 Å². The van der Waals surface area contributed by atoms with E-state index in [1.54, 1.807) is 12.3 Å². The van der Waals surface area contributed by atoms with Gasteiger partial charge in [0.25, 0.3) is 0 Å². The van der Waals surface area contributed by atoms with E-state index in [9.17, 15) is 0 Å². The molecule has 2 aromatic rings. The van der Waals surface area contributed by atoms with Crippen LogP contribution >= 0.6 is 11.6 Å². The monoisotopic (exact) mass is 264 g/mol. The quantitative estimate of drug-likeness (QED) is 0.859. The Bertz CT molecular complexity index is 519. The van der Waals surface area contributed by atoms with Gasteiger partial charge in [-0.05, 0) is 25.0 Å². The Morgan fingerprint density at radius 1 is 1.44 bits per heavy atom. The zero-order valence-electron chi connectivity index (χ0n) is 9.71. The summed E-state index contributed by atoms with van der Waals surface area (Å²) < 4.78 is 5.37. The first kappa shape index (κ1) is 11.3. The molecule has 1 fully saturated rings. The van der Waals surface area contributed by atoms with Crippen LogP contribution in [0.2, 0.25) is 5.15 Å². The second-order valence-corrected chi connectivity index (χ2v) is 4.73. The summed E-state index contributed by atoms with van der Waals surface area (Å²) in [6.45, 7) is 0.671. The number of hydrogen-bond donors (Lipinski definition) is 1. The van der Waals surface area contributed by atoms with E-state index in [1.165, 1.54) is 0 Å². The third-order valence-corrected chi connectivity index (χ3v) is 3.08. The van der Waals surface area contributed by atoms with Gasteiger partial charge >= 0.3 is 0 Å². The van der Waals surface area contributed by atoms with Crippen LogP contribution < -0.4 is 10.6 Å². The van der Waals surface area contributed by atoms with Crippen molar-refractivity contribution in [3.63, 3.8) is 0 Å². The van der Waals surface area contributed by atoms with Gasteiger partial charge in [-0.2, -0.15) is 4.98 Å². The van der Waals surface area contributed by atoms with Gasteiger partial charge in [-0.1, -0.05) is 11.6 Å². The molecule has 0 radical (unpaired) electrons. The van der Waals surface area contributed by atoms with E-state index in [0.29, 0.717) is 17.7 Å². The van der Waals surface area contributed by atoms with E-state index in [-0.39, 0.29) is 5.95 Å². The normalized spacial score (nSPS) is 14.7. The smallest absolute Gasteiger partial charge is 0.223 e. The predicted octanol–water partition coefficient (Wildman–Crippen LogP) is 2.47. The highest BCUT2D eigenvalue weighted by molar-refractivity contribution is 6.29. The minimum absolute atomic E-state index is 0.197. The highest BCUT2D eigenvalue weighted by Crippen LogP contribution is 2.33. The second-order valence-electron chi connectivity index (χ2n) is 4.35. The highest BCUT2D eigenvalue weighted by atomic mass is 35.5. The molecule has 0 spiro atoms. The molecule has 2 aromatic heterocycles. The first-order chi connectivity index (χ1) is 8.72. The van der Waals surface area contributed by atoms with Crippen molar-refractivity contribution in [1.82, 2.24) is 9.97 Å². The Hall–Kier alpha value is -1.75. The van der Waals surface area contributed by atoms with Gasteiger partial charge in [0.2, 0.25) is 5.95 Å². The molecule has 0 unspecified atom stereocenters. The van der Waals surface area contributed by atoms with Gasteiger partial charge in [-0.15, -0.1) is 0 Å².